The summed E-state index contributed by atoms with van der Waals surface area (Å²) in [5.74, 6) is -2.62. The first kappa shape index (κ1) is 15.3. The first-order valence-corrected chi connectivity index (χ1v) is 6.55. The lowest BCUT2D eigenvalue weighted by Crippen LogP contribution is -2.42. The molecule has 1 amide bonds. The van der Waals surface area contributed by atoms with Crippen molar-refractivity contribution in [1.29, 1.82) is 0 Å². The number of hydrogen-bond donors (Lipinski definition) is 1. The van der Waals surface area contributed by atoms with Crippen LogP contribution in [0.25, 0.3) is 0 Å². The van der Waals surface area contributed by atoms with Crippen LogP contribution in [-0.2, 0) is 4.79 Å². The van der Waals surface area contributed by atoms with Gasteiger partial charge in [-0.3, -0.25) is 4.79 Å². The van der Waals surface area contributed by atoms with Crippen molar-refractivity contribution in [2.45, 2.75) is 31.9 Å². The predicted octanol–water partition coefficient (Wildman–Crippen LogP) is 3.27. The van der Waals surface area contributed by atoms with Crippen LogP contribution < -0.4 is 5.32 Å². The topological polar surface area (TPSA) is 29.1 Å². The Labute approximate surface area is 110 Å². The van der Waals surface area contributed by atoms with Gasteiger partial charge in [0.25, 0.3) is 0 Å². The molecule has 104 valence electrons. The molecule has 1 saturated carbocycles. The minimum absolute atomic E-state index is 0.0547. The average molecular weight is 284 g/mol. The maximum absolute atomic E-state index is 12.8. The van der Waals surface area contributed by atoms with Crippen molar-refractivity contribution in [3.8, 4) is 0 Å². The maximum atomic E-state index is 12.8. The molecule has 1 aliphatic carbocycles. The molecule has 6 heteroatoms. The number of amides is 1. The van der Waals surface area contributed by atoms with Crippen LogP contribution in [-0.4, -0.2) is 24.5 Å². The van der Waals surface area contributed by atoms with Crippen molar-refractivity contribution in [1.82, 2.24) is 5.32 Å². The van der Waals surface area contributed by atoms with Crippen LogP contribution in [0.4, 0.5) is 13.2 Å². The summed E-state index contributed by atoms with van der Waals surface area (Å²) in [6.45, 7) is 0.229. The van der Waals surface area contributed by atoms with Crippen molar-refractivity contribution in [2.75, 3.05) is 12.4 Å². The van der Waals surface area contributed by atoms with Crippen molar-refractivity contribution < 1.29 is 18.0 Å². The fraction of sp³-hybridized carbons (Fsp3) is 0.750. The van der Waals surface area contributed by atoms with Crippen LogP contribution in [0.2, 0.25) is 0 Å². The van der Waals surface area contributed by atoms with E-state index < -0.39 is 23.9 Å². The summed E-state index contributed by atoms with van der Waals surface area (Å²) in [4.78, 5) is 11.7. The molecule has 0 aromatic heterocycles. The first-order valence-electron chi connectivity index (χ1n) is 6.02. The van der Waals surface area contributed by atoms with Crippen LogP contribution in [0.3, 0.4) is 0 Å². The Kier molecular flexibility index (Phi) is 5.99. The second kappa shape index (κ2) is 7.02. The summed E-state index contributed by atoms with van der Waals surface area (Å²) in [6.07, 6.45) is 0.589. The molecule has 0 saturated heterocycles. The molecule has 18 heavy (non-hydrogen) atoms. The molecule has 0 aromatic carbocycles. The molecular formula is C12H17ClF3NO. The number of hydrogen-bond acceptors (Lipinski definition) is 1. The number of nitrogens with one attached hydrogen (secondary N) is 1. The molecule has 1 N–H and O–H groups in total. The molecule has 0 radical (unpaired) electrons. The Bertz CT molecular complexity index is 304. The van der Waals surface area contributed by atoms with Crippen LogP contribution in [0.1, 0.15) is 25.7 Å². The lowest BCUT2D eigenvalue weighted by atomic mass is 9.78. The van der Waals surface area contributed by atoms with Gasteiger partial charge < -0.3 is 5.32 Å². The second-order valence-corrected chi connectivity index (χ2v) is 4.72. The Balaban J connectivity index is 2.55. The number of allylic oxidation sites excluding steroid dienone is 1. The summed E-state index contributed by atoms with van der Waals surface area (Å²) < 4.78 is 38.3. The number of rotatable bonds is 4. The highest BCUT2D eigenvalue weighted by Crippen LogP contribution is 2.41. The van der Waals surface area contributed by atoms with Crippen LogP contribution in [0, 0.1) is 11.8 Å². The summed E-state index contributed by atoms with van der Waals surface area (Å²) in [6, 6.07) is 0. The van der Waals surface area contributed by atoms with Crippen LogP contribution >= 0.6 is 11.6 Å². The van der Waals surface area contributed by atoms with Gasteiger partial charge in [-0.25, -0.2) is 0 Å². The van der Waals surface area contributed by atoms with Gasteiger partial charge in [0, 0.05) is 18.3 Å². The van der Waals surface area contributed by atoms with E-state index in [1.165, 1.54) is 0 Å². The van der Waals surface area contributed by atoms with E-state index in [0.717, 1.165) is 0 Å². The summed E-state index contributed by atoms with van der Waals surface area (Å²) in [5.41, 5.74) is 0. The Morgan fingerprint density at radius 3 is 2.56 bits per heavy atom. The van der Waals surface area contributed by atoms with Crippen molar-refractivity contribution in [3.63, 3.8) is 0 Å². The quantitative estimate of drug-likeness (QED) is 0.623. The van der Waals surface area contributed by atoms with E-state index in [1.807, 2.05) is 0 Å². The van der Waals surface area contributed by atoms with E-state index in [9.17, 15) is 18.0 Å². The van der Waals surface area contributed by atoms with Gasteiger partial charge in [0.2, 0.25) is 5.91 Å². The van der Waals surface area contributed by atoms with Gasteiger partial charge >= 0.3 is 6.18 Å². The van der Waals surface area contributed by atoms with Crippen molar-refractivity contribution >= 4 is 17.5 Å². The largest absolute Gasteiger partial charge is 0.392 e. The number of alkyl halides is 4. The molecule has 0 spiro atoms. The minimum atomic E-state index is -4.28. The SMILES string of the molecule is O=C(NC/C=C/CCl)C1CCCCC1C(F)(F)F. The van der Waals surface area contributed by atoms with Gasteiger partial charge in [-0.2, -0.15) is 13.2 Å². The second-order valence-electron chi connectivity index (χ2n) is 4.41. The standard InChI is InChI=1S/C12H17ClF3NO/c13-7-3-4-8-17-11(18)9-5-1-2-6-10(9)12(14,15)16/h3-4,9-10H,1-2,5-8H2,(H,17,18)/b4-3+. The molecule has 0 bridgehead atoms. The summed E-state index contributed by atoms with van der Waals surface area (Å²) in [5, 5.41) is 2.50. The van der Waals surface area contributed by atoms with Gasteiger partial charge in [0.05, 0.1) is 5.92 Å². The average Bonchev–Trinajstić information content (AvgIpc) is 2.33. The van der Waals surface area contributed by atoms with Gasteiger partial charge in [-0.1, -0.05) is 25.0 Å². The number of halogens is 4. The Morgan fingerprint density at radius 1 is 1.28 bits per heavy atom. The van der Waals surface area contributed by atoms with Crippen molar-refractivity contribution in [2.24, 2.45) is 11.8 Å². The molecule has 2 unspecified atom stereocenters. The van der Waals surface area contributed by atoms with E-state index in [4.69, 9.17) is 11.6 Å². The molecule has 1 fully saturated rings. The minimum Gasteiger partial charge on any atom is -0.352 e. The third-order valence-corrected chi connectivity index (χ3v) is 3.35. The lowest BCUT2D eigenvalue weighted by Gasteiger charge is -2.31. The molecule has 0 heterocycles. The third kappa shape index (κ3) is 4.52. The highest BCUT2D eigenvalue weighted by Gasteiger charge is 2.47. The first-order chi connectivity index (χ1) is 8.46. The fourth-order valence-electron chi connectivity index (χ4n) is 2.27. The summed E-state index contributed by atoms with van der Waals surface area (Å²) >= 11 is 5.40. The molecule has 1 aliphatic rings. The molecule has 0 aromatic rings. The number of carbonyl (C=O) groups is 1. The highest BCUT2D eigenvalue weighted by molar-refractivity contribution is 6.18. The molecule has 1 rings (SSSR count). The van der Waals surface area contributed by atoms with E-state index in [1.54, 1.807) is 12.2 Å². The molecular weight excluding hydrogens is 267 g/mol. The summed E-state index contributed by atoms with van der Waals surface area (Å²) in [7, 11) is 0. The van der Waals surface area contributed by atoms with Crippen molar-refractivity contribution in [3.05, 3.63) is 12.2 Å². The maximum Gasteiger partial charge on any atom is 0.392 e. The monoisotopic (exact) mass is 283 g/mol. The van der Waals surface area contributed by atoms with Crippen LogP contribution in [0.15, 0.2) is 12.2 Å². The van der Waals surface area contributed by atoms with Gasteiger partial charge in [0.15, 0.2) is 0 Å². The zero-order valence-corrected chi connectivity index (χ0v) is 10.7. The van der Waals surface area contributed by atoms with Crippen LogP contribution in [0.5, 0.6) is 0 Å². The third-order valence-electron chi connectivity index (χ3n) is 3.17. The fourth-order valence-corrected chi connectivity index (χ4v) is 2.40. The predicted molar refractivity (Wildman–Crippen MR) is 64.4 cm³/mol. The normalized spacial score (nSPS) is 25.3. The zero-order chi connectivity index (χ0) is 13.6. The highest BCUT2D eigenvalue weighted by atomic mass is 35.5. The van der Waals surface area contributed by atoms with Gasteiger partial charge in [-0.05, 0) is 12.8 Å². The lowest BCUT2D eigenvalue weighted by molar-refractivity contribution is -0.198. The van der Waals surface area contributed by atoms with E-state index in [-0.39, 0.29) is 13.0 Å². The molecule has 2 atom stereocenters. The van der Waals surface area contributed by atoms with E-state index >= 15 is 0 Å². The van der Waals surface area contributed by atoms with E-state index in [2.05, 4.69) is 5.32 Å². The number of carbonyl (C=O) groups excluding carboxylic acids is 1. The Hall–Kier alpha value is -0.710. The van der Waals surface area contributed by atoms with Gasteiger partial charge in [0.1, 0.15) is 0 Å². The zero-order valence-electron chi connectivity index (χ0n) is 9.97. The smallest absolute Gasteiger partial charge is 0.352 e. The Morgan fingerprint density at radius 2 is 1.94 bits per heavy atom. The molecule has 2 nitrogen and oxygen atoms in total. The van der Waals surface area contributed by atoms with E-state index in [0.29, 0.717) is 25.1 Å². The molecule has 0 aliphatic heterocycles. The van der Waals surface area contributed by atoms with Gasteiger partial charge in [-0.15, -0.1) is 11.6 Å².